The Labute approximate surface area is 177 Å². The molecule has 0 radical (unpaired) electrons. The van der Waals surface area contributed by atoms with Gasteiger partial charge in [0, 0.05) is 41.8 Å². The van der Waals surface area contributed by atoms with Crippen LogP contribution in [0.5, 0.6) is 5.75 Å². The van der Waals surface area contributed by atoms with Crippen LogP contribution < -0.4 is 4.18 Å². The molecule has 1 heterocycles. The van der Waals surface area contributed by atoms with Crippen LogP contribution in [0, 0.1) is 6.92 Å². The lowest BCUT2D eigenvalue weighted by atomic mass is 9.87. The molecule has 4 rings (SSSR count). The van der Waals surface area contributed by atoms with Gasteiger partial charge in [0.1, 0.15) is 10.6 Å². The predicted octanol–water partition coefficient (Wildman–Crippen LogP) is 4.39. The van der Waals surface area contributed by atoms with E-state index in [0.29, 0.717) is 12.2 Å². The van der Waals surface area contributed by atoms with Gasteiger partial charge in [-0.05, 0) is 49.6 Å². The van der Waals surface area contributed by atoms with Crippen LogP contribution in [0.4, 0.5) is 0 Å². The van der Waals surface area contributed by atoms with E-state index in [4.69, 9.17) is 4.18 Å². The van der Waals surface area contributed by atoms with Gasteiger partial charge in [0.25, 0.3) is 0 Å². The minimum absolute atomic E-state index is 0.155. The number of aryl methyl sites for hydroxylation is 1. The molecule has 30 heavy (non-hydrogen) atoms. The van der Waals surface area contributed by atoms with Gasteiger partial charge in [-0.3, -0.25) is 4.90 Å². The van der Waals surface area contributed by atoms with Gasteiger partial charge in [0.05, 0.1) is 0 Å². The second kappa shape index (κ2) is 8.13. The van der Waals surface area contributed by atoms with E-state index >= 15 is 0 Å². The molecule has 0 amide bonds. The molecule has 0 fully saturated rings. The quantitative estimate of drug-likeness (QED) is 0.432. The fourth-order valence-corrected chi connectivity index (χ4v) is 5.15. The van der Waals surface area contributed by atoms with Crippen molar-refractivity contribution in [2.75, 3.05) is 13.1 Å². The number of benzene rings is 2. The monoisotopic (exact) mass is 422 g/mol. The summed E-state index contributed by atoms with van der Waals surface area (Å²) in [6.45, 7) is 11.1. The summed E-state index contributed by atoms with van der Waals surface area (Å²) in [5.41, 5.74) is 4.09. The average Bonchev–Trinajstić information content (AvgIpc) is 3.14. The van der Waals surface area contributed by atoms with Crippen molar-refractivity contribution in [1.82, 2.24) is 9.88 Å². The van der Waals surface area contributed by atoms with Crippen LogP contribution in [0.3, 0.4) is 0 Å². The van der Waals surface area contributed by atoms with Crippen LogP contribution in [0.25, 0.3) is 10.9 Å². The van der Waals surface area contributed by atoms with Crippen molar-refractivity contribution < 1.29 is 12.6 Å². The number of nitrogens with one attached hydrogen (secondary N) is 1. The standard InChI is InChI=1S/C24H26N2O3S/c1-4-12-26(13-5-2)19-14-18-16-25-22-10-11-23(21(15-19)24(18)22)29-30(27,28)20-8-6-17(3)7-9-20/h4-11,16,19,25H,1-2,12-15H2,3H3. The molecule has 1 unspecified atom stereocenters. The lowest BCUT2D eigenvalue weighted by Crippen LogP contribution is -2.40. The predicted molar refractivity (Wildman–Crippen MR) is 120 cm³/mol. The molecule has 0 saturated carbocycles. The van der Waals surface area contributed by atoms with Crippen molar-refractivity contribution in [2.24, 2.45) is 0 Å². The molecule has 1 aliphatic carbocycles. The van der Waals surface area contributed by atoms with Gasteiger partial charge in [-0.15, -0.1) is 13.2 Å². The lowest BCUT2D eigenvalue weighted by Gasteiger charge is -2.33. The van der Waals surface area contributed by atoms with E-state index in [1.807, 2.05) is 31.3 Å². The van der Waals surface area contributed by atoms with Crippen LogP contribution in [0.2, 0.25) is 0 Å². The van der Waals surface area contributed by atoms with Gasteiger partial charge >= 0.3 is 10.1 Å². The molecular weight excluding hydrogens is 396 g/mol. The topological polar surface area (TPSA) is 62.4 Å². The maximum atomic E-state index is 12.9. The highest BCUT2D eigenvalue weighted by Gasteiger charge is 2.29. The van der Waals surface area contributed by atoms with Crippen molar-refractivity contribution >= 4 is 21.0 Å². The molecule has 1 atom stereocenters. The molecule has 0 aliphatic heterocycles. The van der Waals surface area contributed by atoms with E-state index in [0.717, 1.165) is 41.5 Å². The molecule has 2 aromatic carbocycles. The summed E-state index contributed by atoms with van der Waals surface area (Å²) in [4.78, 5) is 5.76. The van der Waals surface area contributed by atoms with Crippen molar-refractivity contribution in [3.05, 3.63) is 84.6 Å². The van der Waals surface area contributed by atoms with Gasteiger partial charge in [-0.2, -0.15) is 8.42 Å². The summed E-state index contributed by atoms with van der Waals surface area (Å²) >= 11 is 0. The summed E-state index contributed by atoms with van der Waals surface area (Å²) in [6, 6.07) is 10.5. The van der Waals surface area contributed by atoms with Crippen LogP contribution in [0.1, 0.15) is 16.7 Å². The molecule has 156 valence electrons. The normalized spacial score (nSPS) is 16.0. The molecule has 0 bridgehead atoms. The Morgan fingerprint density at radius 3 is 2.47 bits per heavy atom. The van der Waals surface area contributed by atoms with E-state index in [1.165, 1.54) is 5.56 Å². The molecule has 1 aliphatic rings. The van der Waals surface area contributed by atoms with Crippen LogP contribution >= 0.6 is 0 Å². The third kappa shape index (κ3) is 3.80. The minimum atomic E-state index is -3.92. The minimum Gasteiger partial charge on any atom is -0.379 e. The molecule has 1 aromatic heterocycles. The zero-order chi connectivity index (χ0) is 21.3. The maximum absolute atomic E-state index is 12.9. The highest BCUT2D eigenvalue weighted by atomic mass is 32.2. The third-order valence-corrected chi connectivity index (χ3v) is 6.89. The van der Waals surface area contributed by atoms with Gasteiger partial charge < -0.3 is 9.17 Å². The second-order valence-corrected chi connectivity index (χ2v) is 9.27. The number of aromatic amines is 1. The number of hydrogen-bond acceptors (Lipinski definition) is 4. The molecule has 1 N–H and O–H groups in total. The Hall–Kier alpha value is -2.83. The molecule has 0 spiro atoms. The maximum Gasteiger partial charge on any atom is 0.339 e. The number of aromatic nitrogens is 1. The third-order valence-electron chi connectivity index (χ3n) is 5.64. The Bertz CT molecular complexity index is 1180. The molecule has 3 aromatic rings. The van der Waals surface area contributed by atoms with Crippen molar-refractivity contribution in [2.45, 2.75) is 30.7 Å². The van der Waals surface area contributed by atoms with E-state index < -0.39 is 10.1 Å². The van der Waals surface area contributed by atoms with Gasteiger partial charge in [0.15, 0.2) is 0 Å². The zero-order valence-corrected chi connectivity index (χ0v) is 17.9. The summed E-state index contributed by atoms with van der Waals surface area (Å²) < 4.78 is 31.5. The van der Waals surface area contributed by atoms with Crippen molar-refractivity contribution in [3.63, 3.8) is 0 Å². The van der Waals surface area contributed by atoms with Crippen molar-refractivity contribution in [1.29, 1.82) is 0 Å². The Morgan fingerprint density at radius 2 is 1.80 bits per heavy atom. The van der Waals surface area contributed by atoms with E-state index in [-0.39, 0.29) is 10.9 Å². The number of nitrogens with zero attached hydrogens (tertiary/aromatic N) is 1. The number of H-pyrrole nitrogens is 1. The summed E-state index contributed by atoms with van der Waals surface area (Å²) in [5.74, 6) is 0.394. The smallest absolute Gasteiger partial charge is 0.339 e. The Kier molecular flexibility index (Phi) is 5.54. The first-order chi connectivity index (χ1) is 14.4. The first-order valence-electron chi connectivity index (χ1n) is 10.0. The summed E-state index contributed by atoms with van der Waals surface area (Å²) in [5, 5.41) is 1.07. The van der Waals surface area contributed by atoms with E-state index in [2.05, 4.69) is 23.0 Å². The Morgan fingerprint density at radius 1 is 1.10 bits per heavy atom. The average molecular weight is 423 g/mol. The largest absolute Gasteiger partial charge is 0.379 e. The van der Waals surface area contributed by atoms with Gasteiger partial charge in [0.2, 0.25) is 0 Å². The zero-order valence-electron chi connectivity index (χ0n) is 17.1. The second-order valence-electron chi connectivity index (χ2n) is 7.72. The van der Waals surface area contributed by atoms with Crippen LogP contribution in [-0.2, 0) is 23.0 Å². The summed E-state index contributed by atoms with van der Waals surface area (Å²) in [6.07, 6.45) is 7.36. The first-order valence-corrected chi connectivity index (χ1v) is 11.4. The van der Waals surface area contributed by atoms with Crippen molar-refractivity contribution in [3.8, 4) is 5.75 Å². The van der Waals surface area contributed by atoms with Gasteiger partial charge in [-0.1, -0.05) is 29.8 Å². The fourth-order valence-electron chi connectivity index (χ4n) is 4.19. The molecule has 6 heteroatoms. The van der Waals surface area contributed by atoms with Crippen LogP contribution in [-0.4, -0.2) is 37.4 Å². The molecule has 5 nitrogen and oxygen atoms in total. The molecular formula is C24H26N2O3S. The number of hydrogen-bond donors (Lipinski definition) is 1. The Balaban J connectivity index is 1.73. The SMILES string of the molecule is C=CCN(CC=C)C1Cc2c[nH]c3ccc(OS(=O)(=O)c4ccc(C)cc4)c(c23)C1. The van der Waals surface area contributed by atoms with Crippen LogP contribution in [0.15, 0.2) is 72.8 Å². The highest BCUT2D eigenvalue weighted by Crippen LogP contribution is 2.38. The van der Waals surface area contributed by atoms with E-state index in [1.54, 1.807) is 30.3 Å². The highest BCUT2D eigenvalue weighted by molar-refractivity contribution is 7.87. The molecule has 0 saturated heterocycles. The lowest BCUT2D eigenvalue weighted by molar-refractivity contribution is 0.234. The fraction of sp³-hybridized carbons (Fsp3) is 0.250. The summed E-state index contributed by atoms with van der Waals surface area (Å²) in [7, 11) is -3.92. The number of rotatable bonds is 8. The first kappa shape index (κ1) is 20.4. The van der Waals surface area contributed by atoms with Gasteiger partial charge in [-0.25, -0.2) is 0 Å². The van der Waals surface area contributed by atoms with E-state index in [9.17, 15) is 8.42 Å².